The molecule has 1 aromatic carbocycles. The summed E-state index contributed by atoms with van der Waals surface area (Å²) >= 11 is 6.06. The van der Waals surface area contributed by atoms with Gasteiger partial charge in [-0.05, 0) is 49.5 Å². The van der Waals surface area contributed by atoms with E-state index in [-0.39, 0.29) is 0 Å². The first-order chi connectivity index (χ1) is 11.2. The van der Waals surface area contributed by atoms with Crippen LogP contribution in [0.15, 0.2) is 48.8 Å². The van der Waals surface area contributed by atoms with Crippen molar-refractivity contribution in [2.45, 2.75) is 20.4 Å². The van der Waals surface area contributed by atoms with Crippen LogP contribution in [0.4, 0.5) is 5.69 Å². The van der Waals surface area contributed by atoms with Crippen molar-refractivity contribution in [2.75, 3.05) is 18.5 Å². The zero-order valence-corrected chi connectivity index (χ0v) is 14.2. The standard InChI is InChI=1S/C18H21ClN4/c1-3-22(4-2)13-15-6-5-11-23(15)21-17-9-10-20-18-12-14(19)7-8-16(17)18/h5-12H,3-4,13H2,1-2H3,(H,20,21). The first-order valence-electron chi connectivity index (χ1n) is 7.91. The molecule has 0 radical (unpaired) electrons. The van der Waals surface area contributed by atoms with Crippen molar-refractivity contribution in [3.63, 3.8) is 0 Å². The zero-order chi connectivity index (χ0) is 16.2. The summed E-state index contributed by atoms with van der Waals surface area (Å²) in [6, 6.07) is 12.0. The van der Waals surface area contributed by atoms with Crippen LogP contribution in [0.25, 0.3) is 10.9 Å². The molecule has 1 N–H and O–H groups in total. The molecule has 5 heteroatoms. The van der Waals surface area contributed by atoms with E-state index in [9.17, 15) is 0 Å². The van der Waals surface area contributed by atoms with Gasteiger partial charge in [0.15, 0.2) is 0 Å². The van der Waals surface area contributed by atoms with Crippen LogP contribution in [0.1, 0.15) is 19.5 Å². The van der Waals surface area contributed by atoms with E-state index in [1.54, 1.807) is 6.20 Å². The predicted molar refractivity (Wildman–Crippen MR) is 96.8 cm³/mol. The van der Waals surface area contributed by atoms with Gasteiger partial charge in [-0.15, -0.1) is 0 Å². The van der Waals surface area contributed by atoms with E-state index >= 15 is 0 Å². The van der Waals surface area contributed by atoms with Crippen LogP contribution >= 0.6 is 11.6 Å². The topological polar surface area (TPSA) is 33.1 Å². The van der Waals surface area contributed by atoms with Gasteiger partial charge in [-0.2, -0.15) is 0 Å². The predicted octanol–water partition coefficient (Wildman–Crippen LogP) is 4.41. The highest BCUT2D eigenvalue weighted by atomic mass is 35.5. The number of hydrogen-bond acceptors (Lipinski definition) is 3. The SMILES string of the molecule is CCN(CC)Cc1cccn1Nc1ccnc2cc(Cl)ccc12. The summed E-state index contributed by atoms with van der Waals surface area (Å²) in [6.07, 6.45) is 3.84. The molecule has 0 bridgehead atoms. The highest BCUT2D eigenvalue weighted by Crippen LogP contribution is 2.24. The molecular weight excluding hydrogens is 308 g/mol. The number of fused-ring (bicyclic) bond motifs is 1. The molecule has 0 saturated heterocycles. The summed E-state index contributed by atoms with van der Waals surface area (Å²) < 4.78 is 2.07. The van der Waals surface area contributed by atoms with E-state index in [4.69, 9.17) is 11.6 Å². The summed E-state index contributed by atoms with van der Waals surface area (Å²) in [5, 5.41) is 1.75. The highest BCUT2D eigenvalue weighted by Gasteiger charge is 2.08. The Hall–Kier alpha value is -2.04. The first-order valence-corrected chi connectivity index (χ1v) is 8.29. The van der Waals surface area contributed by atoms with E-state index in [2.05, 4.69) is 46.0 Å². The average molecular weight is 329 g/mol. The second kappa shape index (κ2) is 7.02. The van der Waals surface area contributed by atoms with Gasteiger partial charge in [-0.3, -0.25) is 20.0 Å². The lowest BCUT2D eigenvalue weighted by Crippen LogP contribution is -2.25. The maximum absolute atomic E-state index is 6.06. The molecule has 0 spiro atoms. The Bertz CT molecular complexity index is 793. The third-order valence-corrected chi connectivity index (χ3v) is 4.29. The lowest BCUT2D eigenvalue weighted by Gasteiger charge is -2.20. The Balaban J connectivity index is 1.90. The van der Waals surface area contributed by atoms with Crippen LogP contribution in [0.3, 0.4) is 0 Å². The Morgan fingerprint density at radius 3 is 2.78 bits per heavy atom. The molecular formula is C18H21ClN4. The molecule has 120 valence electrons. The molecule has 3 rings (SSSR count). The summed E-state index contributed by atoms with van der Waals surface area (Å²) in [4.78, 5) is 6.77. The van der Waals surface area contributed by atoms with Gasteiger partial charge in [-0.25, -0.2) is 0 Å². The number of anilines is 1. The van der Waals surface area contributed by atoms with Gasteiger partial charge < -0.3 is 0 Å². The smallest absolute Gasteiger partial charge is 0.0738 e. The number of aromatic nitrogens is 2. The third-order valence-electron chi connectivity index (χ3n) is 4.06. The fourth-order valence-electron chi connectivity index (χ4n) is 2.68. The minimum absolute atomic E-state index is 0.699. The largest absolute Gasteiger partial charge is 0.298 e. The van der Waals surface area contributed by atoms with Crippen molar-refractivity contribution in [1.82, 2.24) is 14.6 Å². The van der Waals surface area contributed by atoms with Crippen LogP contribution < -0.4 is 5.43 Å². The molecule has 0 amide bonds. The van der Waals surface area contributed by atoms with Crippen molar-refractivity contribution in [2.24, 2.45) is 0 Å². The van der Waals surface area contributed by atoms with Crippen molar-refractivity contribution >= 4 is 28.2 Å². The average Bonchev–Trinajstić information content (AvgIpc) is 2.99. The van der Waals surface area contributed by atoms with Crippen LogP contribution in [0.2, 0.25) is 5.02 Å². The van der Waals surface area contributed by atoms with Crippen LogP contribution in [0.5, 0.6) is 0 Å². The van der Waals surface area contributed by atoms with Crippen molar-refractivity contribution < 1.29 is 0 Å². The van der Waals surface area contributed by atoms with Crippen LogP contribution in [-0.4, -0.2) is 27.6 Å². The van der Waals surface area contributed by atoms with Gasteiger partial charge in [0.2, 0.25) is 0 Å². The Kier molecular flexibility index (Phi) is 4.84. The van der Waals surface area contributed by atoms with Crippen molar-refractivity contribution in [3.05, 3.63) is 59.5 Å². The molecule has 2 aromatic heterocycles. The number of nitrogens with one attached hydrogen (secondary N) is 1. The molecule has 0 fully saturated rings. The molecule has 0 atom stereocenters. The summed E-state index contributed by atoms with van der Waals surface area (Å²) in [5.74, 6) is 0. The lowest BCUT2D eigenvalue weighted by molar-refractivity contribution is 0.290. The first kappa shape index (κ1) is 15.8. The van der Waals surface area contributed by atoms with Gasteiger partial charge in [0.1, 0.15) is 0 Å². The zero-order valence-electron chi connectivity index (χ0n) is 13.5. The number of rotatable bonds is 6. The van der Waals surface area contributed by atoms with Gasteiger partial charge in [0, 0.05) is 29.3 Å². The number of pyridine rings is 1. The van der Waals surface area contributed by atoms with E-state index in [0.717, 1.165) is 36.2 Å². The summed E-state index contributed by atoms with van der Waals surface area (Å²) in [6.45, 7) is 7.37. The molecule has 4 nitrogen and oxygen atoms in total. The molecule has 2 heterocycles. The number of halogens is 1. The van der Waals surface area contributed by atoms with Crippen LogP contribution in [0, 0.1) is 0 Å². The molecule has 0 aliphatic rings. The molecule has 23 heavy (non-hydrogen) atoms. The number of benzene rings is 1. The quantitative estimate of drug-likeness (QED) is 0.727. The maximum atomic E-state index is 6.06. The van der Waals surface area contributed by atoms with E-state index in [1.807, 2.05) is 30.5 Å². The molecule has 0 aliphatic carbocycles. The Morgan fingerprint density at radius 1 is 1.17 bits per heavy atom. The number of nitrogens with zero attached hydrogens (tertiary/aromatic N) is 3. The summed E-state index contributed by atoms with van der Waals surface area (Å²) in [7, 11) is 0. The van der Waals surface area contributed by atoms with E-state index < -0.39 is 0 Å². The molecule has 0 saturated carbocycles. The molecule has 0 aliphatic heterocycles. The second-order valence-electron chi connectivity index (χ2n) is 5.46. The van der Waals surface area contributed by atoms with Crippen molar-refractivity contribution in [1.29, 1.82) is 0 Å². The molecule has 0 unspecified atom stereocenters. The minimum atomic E-state index is 0.699. The van der Waals surface area contributed by atoms with E-state index in [0.29, 0.717) is 5.02 Å². The number of hydrogen-bond donors (Lipinski definition) is 1. The van der Waals surface area contributed by atoms with E-state index in [1.165, 1.54) is 5.69 Å². The van der Waals surface area contributed by atoms with Gasteiger partial charge in [0.05, 0.1) is 16.9 Å². The Morgan fingerprint density at radius 2 is 2.00 bits per heavy atom. The fraction of sp³-hybridized carbons (Fsp3) is 0.278. The summed E-state index contributed by atoms with van der Waals surface area (Å²) in [5.41, 5.74) is 6.61. The fourth-order valence-corrected chi connectivity index (χ4v) is 2.85. The Labute approximate surface area is 141 Å². The lowest BCUT2D eigenvalue weighted by atomic mass is 10.2. The third kappa shape index (κ3) is 3.49. The van der Waals surface area contributed by atoms with Gasteiger partial charge >= 0.3 is 0 Å². The minimum Gasteiger partial charge on any atom is -0.298 e. The molecule has 3 aromatic rings. The van der Waals surface area contributed by atoms with Gasteiger partial charge in [-0.1, -0.05) is 25.4 Å². The normalized spacial score (nSPS) is 11.3. The van der Waals surface area contributed by atoms with Gasteiger partial charge in [0.25, 0.3) is 0 Å². The van der Waals surface area contributed by atoms with Crippen molar-refractivity contribution in [3.8, 4) is 0 Å². The maximum Gasteiger partial charge on any atom is 0.0738 e. The highest BCUT2D eigenvalue weighted by molar-refractivity contribution is 6.31. The monoisotopic (exact) mass is 328 g/mol. The van der Waals surface area contributed by atoms with Crippen LogP contribution in [-0.2, 0) is 6.54 Å². The second-order valence-corrected chi connectivity index (χ2v) is 5.90.